The Labute approximate surface area is 120 Å². The topological polar surface area (TPSA) is 32.6 Å². The van der Waals surface area contributed by atoms with Crippen LogP contribution in [0.3, 0.4) is 0 Å². The zero-order valence-corrected chi connectivity index (χ0v) is 12.6. The van der Waals surface area contributed by atoms with Crippen LogP contribution in [0.4, 0.5) is 5.69 Å². The predicted octanol–water partition coefficient (Wildman–Crippen LogP) is 4.63. The normalized spacial score (nSPS) is 11.2. The molecular weight excluding hydrogens is 246 g/mol. The van der Waals surface area contributed by atoms with Crippen molar-refractivity contribution in [1.82, 2.24) is 0 Å². The average molecular weight is 267 g/mol. The summed E-state index contributed by atoms with van der Waals surface area (Å²) < 4.78 is 0. The van der Waals surface area contributed by atoms with Gasteiger partial charge in [0, 0.05) is 11.8 Å². The first-order valence-corrected chi connectivity index (χ1v) is 6.95. The number of benzene rings is 2. The van der Waals surface area contributed by atoms with Gasteiger partial charge in [0.2, 0.25) is 0 Å². The van der Waals surface area contributed by atoms with Gasteiger partial charge in [-0.25, -0.2) is 0 Å². The minimum atomic E-state index is 0.311. The Kier molecular flexibility index (Phi) is 4.23. The fourth-order valence-corrected chi connectivity index (χ4v) is 2.42. The predicted molar refractivity (Wildman–Crippen MR) is 85.4 cm³/mol. The number of rotatable bonds is 3. The smallest absolute Gasteiger partial charge is 0.127 e. The molecule has 2 rings (SSSR count). The van der Waals surface area contributed by atoms with E-state index in [4.69, 9.17) is 0 Å². The number of aryl methyl sites for hydroxylation is 4. The molecule has 0 aliphatic carbocycles. The number of aromatic hydroxyl groups is 1. The zero-order chi connectivity index (χ0) is 14.7. The van der Waals surface area contributed by atoms with Gasteiger partial charge < -0.3 is 5.11 Å². The molecule has 0 aliphatic rings. The maximum absolute atomic E-state index is 10.1. The summed E-state index contributed by atoms with van der Waals surface area (Å²) in [5.74, 6) is 0.311. The molecule has 0 aromatic heterocycles. The highest BCUT2D eigenvalue weighted by Crippen LogP contribution is 2.26. The van der Waals surface area contributed by atoms with E-state index in [9.17, 15) is 5.11 Å². The Balaban J connectivity index is 2.45. The van der Waals surface area contributed by atoms with Gasteiger partial charge >= 0.3 is 0 Å². The van der Waals surface area contributed by atoms with E-state index in [0.29, 0.717) is 5.75 Å². The lowest BCUT2D eigenvalue weighted by Crippen LogP contribution is -1.90. The highest BCUT2D eigenvalue weighted by atomic mass is 16.3. The lowest BCUT2D eigenvalue weighted by Gasteiger charge is -2.08. The molecule has 0 heterocycles. The molecule has 2 aromatic carbocycles. The molecule has 0 aliphatic heterocycles. The van der Waals surface area contributed by atoms with Crippen molar-refractivity contribution < 1.29 is 5.11 Å². The highest BCUT2D eigenvalue weighted by molar-refractivity contribution is 5.87. The van der Waals surface area contributed by atoms with Crippen LogP contribution in [0, 0.1) is 20.8 Å². The van der Waals surface area contributed by atoms with Crippen molar-refractivity contribution in [3.8, 4) is 5.75 Å². The molecule has 0 fully saturated rings. The fraction of sp³-hybridized carbons (Fsp3) is 0.278. The molecule has 0 saturated carbocycles. The second-order valence-corrected chi connectivity index (χ2v) is 5.21. The summed E-state index contributed by atoms with van der Waals surface area (Å²) in [5, 5.41) is 10.1. The monoisotopic (exact) mass is 267 g/mol. The second kappa shape index (κ2) is 5.91. The van der Waals surface area contributed by atoms with Crippen LogP contribution in [0.2, 0.25) is 0 Å². The van der Waals surface area contributed by atoms with Gasteiger partial charge in [0.05, 0.1) is 5.69 Å². The molecule has 20 heavy (non-hydrogen) atoms. The van der Waals surface area contributed by atoms with Gasteiger partial charge in [0.15, 0.2) is 0 Å². The first-order chi connectivity index (χ1) is 9.52. The molecule has 0 bridgehead atoms. The zero-order valence-electron chi connectivity index (χ0n) is 12.6. The van der Waals surface area contributed by atoms with Gasteiger partial charge in [-0.3, -0.25) is 4.99 Å². The van der Waals surface area contributed by atoms with Crippen molar-refractivity contribution in [3.63, 3.8) is 0 Å². The summed E-state index contributed by atoms with van der Waals surface area (Å²) in [6.45, 7) is 8.12. The minimum Gasteiger partial charge on any atom is -0.507 e. The summed E-state index contributed by atoms with van der Waals surface area (Å²) in [6, 6.07) is 10.1. The number of hydrogen-bond acceptors (Lipinski definition) is 2. The lowest BCUT2D eigenvalue weighted by molar-refractivity contribution is 0.470. The Morgan fingerprint density at radius 2 is 1.85 bits per heavy atom. The number of phenolic OH excluding ortho intramolecular Hbond substituents is 1. The standard InChI is InChI=1S/C18H21NO/c1-5-15-8-6-7-13(3)17(15)19-11-16-10-12(2)9-14(4)18(16)20/h6-11,20H,5H2,1-4H3. The van der Waals surface area contributed by atoms with E-state index in [1.165, 1.54) is 5.56 Å². The SMILES string of the molecule is CCc1cccc(C)c1N=Cc1cc(C)cc(C)c1O. The summed E-state index contributed by atoms with van der Waals surface area (Å²) in [7, 11) is 0. The minimum absolute atomic E-state index is 0.311. The molecule has 104 valence electrons. The number of phenols is 1. The first kappa shape index (κ1) is 14.3. The van der Waals surface area contributed by atoms with Crippen LogP contribution in [0.25, 0.3) is 0 Å². The summed E-state index contributed by atoms with van der Waals surface area (Å²) in [6.07, 6.45) is 2.71. The van der Waals surface area contributed by atoms with E-state index in [0.717, 1.165) is 34.4 Å². The van der Waals surface area contributed by atoms with Crippen molar-refractivity contribution >= 4 is 11.9 Å². The highest BCUT2D eigenvalue weighted by Gasteiger charge is 2.05. The Morgan fingerprint density at radius 1 is 1.10 bits per heavy atom. The molecule has 2 nitrogen and oxygen atoms in total. The van der Waals surface area contributed by atoms with E-state index in [1.54, 1.807) is 6.21 Å². The molecule has 2 heteroatoms. The lowest BCUT2D eigenvalue weighted by atomic mass is 10.1. The third kappa shape index (κ3) is 2.90. The van der Waals surface area contributed by atoms with E-state index >= 15 is 0 Å². The van der Waals surface area contributed by atoms with Crippen LogP contribution in [0.1, 0.15) is 34.7 Å². The van der Waals surface area contributed by atoms with Gasteiger partial charge in [-0.15, -0.1) is 0 Å². The van der Waals surface area contributed by atoms with E-state index in [2.05, 4.69) is 37.0 Å². The van der Waals surface area contributed by atoms with Crippen molar-refractivity contribution in [2.24, 2.45) is 4.99 Å². The Hall–Kier alpha value is -2.09. The molecule has 1 N–H and O–H groups in total. The number of aliphatic imine (C=N–C) groups is 1. The Bertz CT molecular complexity index is 657. The van der Waals surface area contributed by atoms with Crippen LogP contribution in [-0.4, -0.2) is 11.3 Å². The van der Waals surface area contributed by atoms with E-state index in [1.807, 2.05) is 26.0 Å². The van der Waals surface area contributed by atoms with Gasteiger partial charge in [-0.2, -0.15) is 0 Å². The molecule has 0 saturated heterocycles. The quantitative estimate of drug-likeness (QED) is 0.808. The van der Waals surface area contributed by atoms with Crippen molar-refractivity contribution in [1.29, 1.82) is 0 Å². The molecule has 0 atom stereocenters. The summed E-state index contributed by atoms with van der Waals surface area (Å²) in [4.78, 5) is 4.60. The second-order valence-electron chi connectivity index (χ2n) is 5.21. The maximum Gasteiger partial charge on any atom is 0.127 e. The van der Waals surface area contributed by atoms with E-state index in [-0.39, 0.29) is 0 Å². The third-order valence-electron chi connectivity index (χ3n) is 3.51. The van der Waals surface area contributed by atoms with Crippen LogP contribution < -0.4 is 0 Å². The van der Waals surface area contributed by atoms with Crippen LogP contribution in [-0.2, 0) is 6.42 Å². The Morgan fingerprint density at radius 3 is 2.55 bits per heavy atom. The number of hydrogen-bond donors (Lipinski definition) is 1. The van der Waals surface area contributed by atoms with Crippen LogP contribution in [0.5, 0.6) is 5.75 Å². The van der Waals surface area contributed by atoms with Crippen molar-refractivity contribution in [2.75, 3.05) is 0 Å². The average Bonchev–Trinajstić information content (AvgIpc) is 2.42. The maximum atomic E-state index is 10.1. The fourth-order valence-electron chi connectivity index (χ4n) is 2.42. The number of nitrogens with zero attached hydrogens (tertiary/aromatic N) is 1. The molecule has 2 aromatic rings. The third-order valence-corrected chi connectivity index (χ3v) is 3.51. The number of para-hydroxylation sites is 1. The molecular formula is C18H21NO. The van der Waals surface area contributed by atoms with Gasteiger partial charge in [0.25, 0.3) is 0 Å². The van der Waals surface area contributed by atoms with Crippen molar-refractivity contribution in [2.45, 2.75) is 34.1 Å². The van der Waals surface area contributed by atoms with Crippen LogP contribution >= 0.6 is 0 Å². The van der Waals surface area contributed by atoms with Crippen molar-refractivity contribution in [3.05, 3.63) is 58.1 Å². The molecule has 0 spiro atoms. The van der Waals surface area contributed by atoms with Crippen LogP contribution in [0.15, 0.2) is 35.3 Å². The largest absolute Gasteiger partial charge is 0.507 e. The molecule has 0 amide bonds. The summed E-state index contributed by atoms with van der Waals surface area (Å²) in [5.41, 5.74) is 6.17. The molecule has 0 unspecified atom stereocenters. The van der Waals surface area contributed by atoms with Gasteiger partial charge in [0.1, 0.15) is 5.75 Å². The summed E-state index contributed by atoms with van der Waals surface area (Å²) >= 11 is 0. The molecule has 0 radical (unpaired) electrons. The van der Waals surface area contributed by atoms with Gasteiger partial charge in [-0.05, 0) is 55.5 Å². The first-order valence-electron chi connectivity index (χ1n) is 6.95. The van der Waals surface area contributed by atoms with E-state index < -0.39 is 0 Å². The van der Waals surface area contributed by atoms with Gasteiger partial charge in [-0.1, -0.05) is 31.2 Å².